The summed E-state index contributed by atoms with van der Waals surface area (Å²) in [5.41, 5.74) is 7.37. The minimum Gasteiger partial charge on any atom is -0.336 e. The van der Waals surface area contributed by atoms with Gasteiger partial charge in [-0.05, 0) is 25.8 Å². The predicted octanol–water partition coefficient (Wildman–Crippen LogP) is 0.292. The Morgan fingerprint density at radius 1 is 1.62 bits per heavy atom. The molecule has 1 atom stereocenters. The molecule has 16 heavy (non-hydrogen) atoms. The number of rotatable bonds is 1. The van der Waals surface area contributed by atoms with Crippen molar-refractivity contribution in [3.05, 3.63) is 17.5 Å². The normalized spacial score (nSPS) is 21.2. The lowest BCUT2D eigenvalue weighted by Gasteiger charge is -2.30. The molecule has 1 aliphatic rings. The van der Waals surface area contributed by atoms with Gasteiger partial charge < -0.3 is 10.6 Å². The summed E-state index contributed by atoms with van der Waals surface area (Å²) in [5, 5.41) is 4.20. The summed E-state index contributed by atoms with van der Waals surface area (Å²) in [4.78, 5) is 13.9. The van der Waals surface area contributed by atoms with Crippen molar-refractivity contribution < 1.29 is 4.79 Å². The third-order valence-corrected chi connectivity index (χ3v) is 3.08. The maximum absolute atomic E-state index is 12.1. The third kappa shape index (κ3) is 2.09. The van der Waals surface area contributed by atoms with Gasteiger partial charge >= 0.3 is 0 Å². The molecule has 0 aliphatic carbocycles. The number of likely N-dealkylation sites (tertiary alicyclic amines) is 1. The van der Waals surface area contributed by atoms with E-state index in [-0.39, 0.29) is 11.9 Å². The van der Waals surface area contributed by atoms with E-state index in [4.69, 9.17) is 5.73 Å². The van der Waals surface area contributed by atoms with E-state index in [1.165, 1.54) is 0 Å². The van der Waals surface area contributed by atoms with Gasteiger partial charge in [0.25, 0.3) is 5.91 Å². The van der Waals surface area contributed by atoms with Crippen molar-refractivity contribution in [2.75, 3.05) is 13.1 Å². The number of carbonyl (C=O) groups excluding carboxylic acids is 1. The molecule has 0 spiro atoms. The maximum atomic E-state index is 12.1. The Balaban J connectivity index is 2.12. The molecule has 2 N–H and O–H groups in total. The van der Waals surface area contributed by atoms with Crippen LogP contribution in [0, 0.1) is 6.92 Å². The number of amides is 1. The Morgan fingerprint density at radius 2 is 2.38 bits per heavy atom. The van der Waals surface area contributed by atoms with Crippen LogP contribution in [0.5, 0.6) is 0 Å². The zero-order valence-electron chi connectivity index (χ0n) is 9.81. The lowest BCUT2D eigenvalue weighted by atomic mass is 10.1. The summed E-state index contributed by atoms with van der Waals surface area (Å²) in [6, 6.07) is 1.94. The minimum absolute atomic E-state index is 0.00106. The van der Waals surface area contributed by atoms with Gasteiger partial charge in [-0.1, -0.05) is 0 Å². The number of nitrogens with two attached hydrogens (primary N) is 1. The zero-order chi connectivity index (χ0) is 11.7. The molecule has 1 fully saturated rings. The zero-order valence-corrected chi connectivity index (χ0v) is 9.81. The van der Waals surface area contributed by atoms with Crippen molar-refractivity contribution in [3.63, 3.8) is 0 Å². The molecule has 1 saturated heterocycles. The first-order valence-corrected chi connectivity index (χ1v) is 5.63. The average Bonchev–Trinajstić information content (AvgIpc) is 2.58. The van der Waals surface area contributed by atoms with Crippen molar-refractivity contribution in [1.29, 1.82) is 0 Å². The van der Waals surface area contributed by atoms with Crippen LogP contribution in [0.1, 0.15) is 29.0 Å². The summed E-state index contributed by atoms with van der Waals surface area (Å²) in [7, 11) is 1.84. The SMILES string of the molecule is Cc1cc(C(=O)N2CCC[C@H](N)C2)nn1C. The molecule has 2 heterocycles. The summed E-state index contributed by atoms with van der Waals surface area (Å²) < 4.78 is 1.72. The van der Waals surface area contributed by atoms with Gasteiger partial charge in [-0.15, -0.1) is 0 Å². The van der Waals surface area contributed by atoms with Gasteiger partial charge in [0, 0.05) is 31.9 Å². The quantitative estimate of drug-likeness (QED) is 0.743. The molecule has 0 radical (unpaired) electrons. The molecular formula is C11H18N4O. The summed E-state index contributed by atoms with van der Waals surface area (Å²) in [6.45, 7) is 3.38. The van der Waals surface area contributed by atoms with Crippen molar-refractivity contribution in [2.45, 2.75) is 25.8 Å². The Labute approximate surface area is 95.2 Å². The smallest absolute Gasteiger partial charge is 0.274 e. The Morgan fingerprint density at radius 3 is 2.94 bits per heavy atom. The molecule has 1 aromatic rings. The van der Waals surface area contributed by atoms with Gasteiger partial charge in [0.15, 0.2) is 5.69 Å². The molecule has 0 saturated carbocycles. The summed E-state index contributed by atoms with van der Waals surface area (Å²) in [6.07, 6.45) is 1.99. The number of aryl methyl sites for hydroxylation is 2. The highest BCUT2D eigenvalue weighted by Crippen LogP contribution is 2.12. The fourth-order valence-electron chi connectivity index (χ4n) is 2.02. The number of hydrogen-bond acceptors (Lipinski definition) is 3. The van der Waals surface area contributed by atoms with Crippen LogP contribution < -0.4 is 5.73 Å². The first-order chi connectivity index (χ1) is 7.58. The van der Waals surface area contributed by atoms with Crippen LogP contribution >= 0.6 is 0 Å². The molecule has 0 bridgehead atoms. The van der Waals surface area contributed by atoms with E-state index >= 15 is 0 Å². The second-order valence-corrected chi connectivity index (χ2v) is 4.45. The topological polar surface area (TPSA) is 64.2 Å². The maximum Gasteiger partial charge on any atom is 0.274 e. The molecular weight excluding hydrogens is 204 g/mol. The van der Waals surface area contributed by atoms with Crippen molar-refractivity contribution in [1.82, 2.24) is 14.7 Å². The number of carbonyl (C=O) groups is 1. The van der Waals surface area contributed by atoms with E-state index < -0.39 is 0 Å². The van der Waals surface area contributed by atoms with Gasteiger partial charge in [-0.2, -0.15) is 5.10 Å². The van der Waals surface area contributed by atoms with Crippen LogP contribution in [0.3, 0.4) is 0 Å². The molecule has 5 heteroatoms. The Kier molecular flexibility index (Phi) is 2.96. The number of nitrogens with zero attached hydrogens (tertiary/aromatic N) is 3. The standard InChI is InChI=1S/C11H18N4O/c1-8-6-10(13-14(8)2)11(16)15-5-3-4-9(12)7-15/h6,9H,3-5,7,12H2,1-2H3/t9-/m0/s1. The van der Waals surface area contributed by atoms with E-state index in [1.54, 1.807) is 9.58 Å². The van der Waals surface area contributed by atoms with Gasteiger partial charge in [0.1, 0.15) is 0 Å². The lowest BCUT2D eigenvalue weighted by Crippen LogP contribution is -2.45. The van der Waals surface area contributed by atoms with Gasteiger partial charge in [0.05, 0.1) is 0 Å². The van der Waals surface area contributed by atoms with Crippen LogP contribution in [0.25, 0.3) is 0 Å². The highest BCUT2D eigenvalue weighted by Gasteiger charge is 2.24. The summed E-state index contributed by atoms with van der Waals surface area (Å²) >= 11 is 0. The lowest BCUT2D eigenvalue weighted by molar-refractivity contribution is 0.0702. The minimum atomic E-state index is -0.00106. The van der Waals surface area contributed by atoms with E-state index in [0.717, 1.165) is 25.1 Å². The highest BCUT2D eigenvalue weighted by atomic mass is 16.2. The second-order valence-electron chi connectivity index (χ2n) is 4.45. The monoisotopic (exact) mass is 222 g/mol. The molecule has 1 amide bonds. The third-order valence-electron chi connectivity index (χ3n) is 3.08. The van der Waals surface area contributed by atoms with Crippen molar-refractivity contribution >= 4 is 5.91 Å². The van der Waals surface area contributed by atoms with E-state index in [9.17, 15) is 4.79 Å². The fourth-order valence-corrected chi connectivity index (χ4v) is 2.02. The van der Waals surface area contributed by atoms with E-state index in [0.29, 0.717) is 12.2 Å². The molecule has 5 nitrogen and oxygen atoms in total. The van der Waals surface area contributed by atoms with Crippen molar-refractivity contribution in [2.24, 2.45) is 12.8 Å². The number of aromatic nitrogens is 2. The van der Waals surface area contributed by atoms with Gasteiger partial charge in [0.2, 0.25) is 0 Å². The van der Waals surface area contributed by atoms with Crippen LogP contribution in [0.2, 0.25) is 0 Å². The Hall–Kier alpha value is -1.36. The molecule has 0 unspecified atom stereocenters. The Bertz CT molecular complexity index is 379. The van der Waals surface area contributed by atoms with Crippen LogP contribution in [-0.2, 0) is 7.05 Å². The number of hydrogen-bond donors (Lipinski definition) is 1. The molecule has 2 rings (SSSR count). The second kappa shape index (κ2) is 4.25. The first-order valence-electron chi connectivity index (χ1n) is 5.63. The molecule has 0 aromatic carbocycles. The predicted molar refractivity (Wildman–Crippen MR) is 61.1 cm³/mol. The average molecular weight is 222 g/mol. The van der Waals surface area contributed by atoms with Gasteiger partial charge in [-0.3, -0.25) is 9.48 Å². The van der Waals surface area contributed by atoms with Crippen molar-refractivity contribution in [3.8, 4) is 0 Å². The molecule has 1 aromatic heterocycles. The first kappa shape index (κ1) is 11.1. The largest absolute Gasteiger partial charge is 0.336 e. The molecule has 88 valence electrons. The molecule has 1 aliphatic heterocycles. The summed E-state index contributed by atoms with van der Waals surface area (Å²) in [5.74, 6) is -0.00106. The van der Waals surface area contributed by atoms with E-state index in [1.807, 2.05) is 20.0 Å². The highest BCUT2D eigenvalue weighted by molar-refractivity contribution is 5.92. The fraction of sp³-hybridized carbons (Fsp3) is 0.636. The number of piperidine rings is 1. The van der Waals surface area contributed by atoms with Crippen LogP contribution in [0.15, 0.2) is 6.07 Å². The van der Waals surface area contributed by atoms with E-state index in [2.05, 4.69) is 5.10 Å². The van der Waals surface area contributed by atoms with Crippen LogP contribution in [0.4, 0.5) is 0 Å². The van der Waals surface area contributed by atoms with Crippen LogP contribution in [-0.4, -0.2) is 39.7 Å². The van der Waals surface area contributed by atoms with Gasteiger partial charge in [-0.25, -0.2) is 0 Å².